The Kier molecular flexibility index (Phi) is 10.6. The molecular weight excluding hydrogens is 550 g/mol. The first-order valence-corrected chi connectivity index (χ1v) is 14.9. The van der Waals surface area contributed by atoms with Gasteiger partial charge in [-0.1, -0.05) is 41.4 Å². The van der Waals surface area contributed by atoms with Crippen LogP contribution in [0.25, 0.3) is 0 Å². The average molecular weight is 586 g/mol. The summed E-state index contributed by atoms with van der Waals surface area (Å²) in [6, 6.07) is 18.9. The van der Waals surface area contributed by atoms with Crippen LogP contribution in [-0.2, 0) is 26.2 Å². The van der Waals surface area contributed by atoms with Crippen molar-refractivity contribution in [2.24, 2.45) is 0 Å². The van der Waals surface area contributed by atoms with Crippen molar-refractivity contribution < 1.29 is 22.7 Å². The van der Waals surface area contributed by atoms with E-state index in [0.29, 0.717) is 28.6 Å². The molecule has 1 atom stereocenters. The molecule has 0 heterocycles. The zero-order valence-electron chi connectivity index (χ0n) is 23.4. The topological polar surface area (TPSA) is 96.0 Å². The van der Waals surface area contributed by atoms with Gasteiger partial charge >= 0.3 is 0 Å². The van der Waals surface area contributed by atoms with Crippen LogP contribution >= 0.6 is 11.6 Å². The highest BCUT2D eigenvalue weighted by Crippen LogP contribution is 2.26. The van der Waals surface area contributed by atoms with Gasteiger partial charge < -0.3 is 15.0 Å². The Hall–Kier alpha value is -3.56. The van der Waals surface area contributed by atoms with Gasteiger partial charge in [0.1, 0.15) is 18.3 Å². The molecule has 8 nitrogen and oxygen atoms in total. The van der Waals surface area contributed by atoms with Gasteiger partial charge in [0.2, 0.25) is 11.8 Å². The summed E-state index contributed by atoms with van der Waals surface area (Å²) in [5.74, 6) is -0.347. The molecule has 3 rings (SSSR count). The van der Waals surface area contributed by atoms with E-state index in [0.717, 1.165) is 9.87 Å². The van der Waals surface area contributed by atoms with Crippen LogP contribution in [0.3, 0.4) is 0 Å². The zero-order chi connectivity index (χ0) is 29.4. The Balaban J connectivity index is 2.02. The third-order valence-corrected chi connectivity index (χ3v) is 8.19. The van der Waals surface area contributed by atoms with Crippen molar-refractivity contribution in [2.75, 3.05) is 17.5 Å². The van der Waals surface area contributed by atoms with Gasteiger partial charge in [0.15, 0.2) is 0 Å². The van der Waals surface area contributed by atoms with Crippen molar-refractivity contribution in [3.05, 3.63) is 88.9 Å². The van der Waals surface area contributed by atoms with Crippen LogP contribution in [0.4, 0.5) is 5.69 Å². The van der Waals surface area contributed by atoms with E-state index in [-0.39, 0.29) is 23.4 Å². The summed E-state index contributed by atoms with van der Waals surface area (Å²) in [7, 11) is -4.16. The van der Waals surface area contributed by atoms with Gasteiger partial charge in [-0.15, -0.1) is 0 Å². The molecule has 0 saturated heterocycles. The van der Waals surface area contributed by atoms with E-state index in [9.17, 15) is 18.0 Å². The summed E-state index contributed by atoms with van der Waals surface area (Å²) < 4.78 is 34.4. The Labute approximate surface area is 241 Å². The van der Waals surface area contributed by atoms with Crippen molar-refractivity contribution >= 4 is 39.1 Å². The number of benzene rings is 3. The second kappa shape index (κ2) is 13.7. The molecular formula is C30H36ClN3O5S. The van der Waals surface area contributed by atoms with Gasteiger partial charge in [-0.05, 0) is 88.7 Å². The number of ether oxygens (including phenoxy) is 1. The maximum absolute atomic E-state index is 13.9. The van der Waals surface area contributed by atoms with Crippen LogP contribution in [0, 0.1) is 6.92 Å². The maximum Gasteiger partial charge on any atom is 0.264 e. The number of halogens is 1. The Morgan fingerprint density at radius 2 is 1.62 bits per heavy atom. The highest BCUT2D eigenvalue weighted by atomic mass is 35.5. The molecule has 40 heavy (non-hydrogen) atoms. The van der Waals surface area contributed by atoms with E-state index in [1.54, 1.807) is 67.6 Å². The summed E-state index contributed by atoms with van der Waals surface area (Å²) in [6.45, 7) is 9.01. The van der Waals surface area contributed by atoms with Crippen LogP contribution in [0.5, 0.6) is 5.75 Å². The van der Waals surface area contributed by atoms with Gasteiger partial charge in [-0.25, -0.2) is 8.42 Å². The number of hydrogen-bond acceptors (Lipinski definition) is 5. The molecule has 10 heteroatoms. The number of aryl methyl sites for hydroxylation is 1. The van der Waals surface area contributed by atoms with E-state index < -0.39 is 28.5 Å². The zero-order valence-corrected chi connectivity index (χ0v) is 25.0. The molecule has 0 fully saturated rings. The minimum absolute atomic E-state index is 0.0105. The molecule has 0 aromatic heterocycles. The minimum atomic E-state index is -4.16. The summed E-state index contributed by atoms with van der Waals surface area (Å²) >= 11 is 6.18. The monoisotopic (exact) mass is 585 g/mol. The Morgan fingerprint density at radius 3 is 2.20 bits per heavy atom. The molecule has 1 N–H and O–H groups in total. The molecule has 3 aromatic rings. The van der Waals surface area contributed by atoms with Crippen molar-refractivity contribution in [2.45, 2.75) is 58.1 Å². The molecule has 3 aromatic carbocycles. The first-order valence-electron chi connectivity index (χ1n) is 13.1. The number of nitrogens with one attached hydrogen (secondary N) is 1. The summed E-state index contributed by atoms with van der Waals surface area (Å²) in [4.78, 5) is 28.3. The summed E-state index contributed by atoms with van der Waals surface area (Å²) in [6.07, 6.45) is 0. The fourth-order valence-electron chi connectivity index (χ4n) is 4.06. The number of carbonyl (C=O) groups is 2. The highest BCUT2D eigenvalue weighted by Gasteiger charge is 2.32. The van der Waals surface area contributed by atoms with E-state index >= 15 is 0 Å². The minimum Gasteiger partial charge on any atom is -0.494 e. The summed E-state index contributed by atoms with van der Waals surface area (Å²) in [5.41, 5.74) is 1.98. The lowest BCUT2D eigenvalue weighted by molar-refractivity contribution is -0.139. The number of nitrogens with zero attached hydrogens (tertiary/aromatic N) is 2. The first-order chi connectivity index (χ1) is 18.9. The molecule has 0 spiro atoms. The standard InChI is InChI=1S/C30H36ClN3O5S/c1-6-39-27-14-16-28(17-15-27)40(37,38)34(26-12-10-22(4)11-13-26)20-29(35)33(23(5)30(36)32-21(2)3)19-24-8-7-9-25(31)18-24/h7-18,21,23H,6,19-20H2,1-5H3,(H,32,36)/t23-/m1/s1. The van der Waals surface area contributed by atoms with Gasteiger partial charge in [0.05, 0.1) is 17.2 Å². The highest BCUT2D eigenvalue weighted by molar-refractivity contribution is 7.92. The maximum atomic E-state index is 13.9. The molecule has 0 aliphatic rings. The van der Waals surface area contributed by atoms with Crippen molar-refractivity contribution in [3.63, 3.8) is 0 Å². The van der Waals surface area contributed by atoms with E-state index in [1.807, 2.05) is 27.7 Å². The Bertz CT molecular complexity index is 1410. The van der Waals surface area contributed by atoms with E-state index in [4.69, 9.17) is 16.3 Å². The van der Waals surface area contributed by atoms with Crippen molar-refractivity contribution in [3.8, 4) is 5.75 Å². The van der Waals surface area contributed by atoms with Crippen LogP contribution < -0.4 is 14.4 Å². The summed E-state index contributed by atoms with van der Waals surface area (Å²) in [5, 5.41) is 3.32. The molecule has 0 aliphatic carbocycles. The number of carbonyl (C=O) groups excluding carboxylic acids is 2. The lowest BCUT2D eigenvalue weighted by atomic mass is 10.1. The van der Waals surface area contributed by atoms with Crippen molar-refractivity contribution in [1.29, 1.82) is 0 Å². The molecule has 2 amide bonds. The third kappa shape index (κ3) is 7.99. The van der Waals surface area contributed by atoms with Gasteiger partial charge in [0.25, 0.3) is 10.0 Å². The van der Waals surface area contributed by atoms with Crippen LogP contribution in [0.15, 0.2) is 77.7 Å². The SMILES string of the molecule is CCOc1ccc(S(=O)(=O)N(CC(=O)N(Cc2cccc(Cl)c2)[C@H](C)C(=O)NC(C)C)c2ccc(C)cc2)cc1. The molecule has 0 unspecified atom stereocenters. The second-order valence-corrected chi connectivity index (χ2v) is 12.0. The predicted octanol–water partition coefficient (Wildman–Crippen LogP) is 5.18. The lowest BCUT2D eigenvalue weighted by Gasteiger charge is -2.32. The van der Waals surface area contributed by atoms with Crippen LogP contribution in [-0.4, -0.2) is 50.4 Å². The third-order valence-electron chi connectivity index (χ3n) is 6.16. The first kappa shape index (κ1) is 31.0. The second-order valence-electron chi connectivity index (χ2n) is 9.74. The smallest absolute Gasteiger partial charge is 0.264 e. The van der Waals surface area contributed by atoms with Gasteiger partial charge in [-0.2, -0.15) is 0 Å². The normalized spacial score (nSPS) is 12.1. The van der Waals surface area contributed by atoms with Crippen LogP contribution in [0.2, 0.25) is 5.02 Å². The molecule has 0 radical (unpaired) electrons. The largest absolute Gasteiger partial charge is 0.494 e. The lowest BCUT2D eigenvalue weighted by Crippen LogP contribution is -2.52. The van der Waals surface area contributed by atoms with Gasteiger partial charge in [-0.3, -0.25) is 13.9 Å². The number of sulfonamides is 1. The molecule has 0 bridgehead atoms. The fourth-order valence-corrected chi connectivity index (χ4v) is 5.69. The van der Waals surface area contributed by atoms with E-state index in [1.165, 1.54) is 17.0 Å². The Morgan fingerprint density at radius 1 is 0.975 bits per heavy atom. The van der Waals surface area contributed by atoms with Crippen LogP contribution in [0.1, 0.15) is 38.8 Å². The van der Waals surface area contributed by atoms with E-state index in [2.05, 4.69) is 5.32 Å². The van der Waals surface area contributed by atoms with Crippen molar-refractivity contribution in [1.82, 2.24) is 10.2 Å². The number of anilines is 1. The number of hydrogen-bond donors (Lipinski definition) is 1. The molecule has 0 aliphatic heterocycles. The number of rotatable bonds is 12. The average Bonchev–Trinajstić information content (AvgIpc) is 2.90. The quantitative estimate of drug-likeness (QED) is 0.316. The number of amides is 2. The fraction of sp³-hybridized carbons (Fsp3) is 0.333. The van der Waals surface area contributed by atoms with Gasteiger partial charge in [0, 0.05) is 17.6 Å². The molecule has 214 valence electrons. The molecule has 0 saturated carbocycles. The predicted molar refractivity (Wildman–Crippen MR) is 158 cm³/mol.